The van der Waals surface area contributed by atoms with Crippen molar-refractivity contribution in [3.8, 4) is 0 Å². The van der Waals surface area contributed by atoms with Crippen LogP contribution in [0.25, 0.3) is 0 Å². The standard InChI is InChI=1S/C25H43NO2/c1-5-7-8-9-10-11-12-13-14-15-16-17-18-19-20-26-23(6-2)21(3)24(22(4)27)25(26)28/h21,24H,2,5,7-20H2,1,3-4H3. The molecule has 1 saturated heterocycles. The molecule has 1 aliphatic heterocycles. The minimum absolute atomic E-state index is 0.0475. The summed E-state index contributed by atoms with van der Waals surface area (Å²) >= 11 is 0. The Hall–Kier alpha value is -1.34. The van der Waals surface area contributed by atoms with Gasteiger partial charge in [0.2, 0.25) is 5.91 Å². The maximum Gasteiger partial charge on any atom is 0.238 e. The molecule has 28 heavy (non-hydrogen) atoms. The van der Waals surface area contributed by atoms with Crippen LogP contribution in [0, 0.1) is 11.8 Å². The molecule has 160 valence electrons. The van der Waals surface area contributed by atoms with Crippen LogP contribution in [0.2, 0.25) is 0 Å². The largest absolute Gasteiger partial charge is 0.308 e. The molecule has 0 spiro atoms. The number of carbonyl (C=O) groups excluding carboxylic acids is 2. The predicted molar refractivity (Wildman–Crippen MR) is 118 cm³/mol. The van der Waals surface area contributed by atoms with E-state index >= 15 is 0 Å². The normalized spacial score (nSPS) is 19.3. The van der Waals surface area contributed by atoms with E-state index in [1.165, 1.54) is 84.0 Å². The number of unbranched alkanes of at least 4 members (excludes halogenated alkanes) is 13. The van der Waals surface area contributed by atoms with Gasteiger partial charge in [-0.25, -0.2) is 0 Å². The number of hydrogen-bond acceptors (Lipinski definition) is 2. The molecule has 2 unspecified atom stereocenters. The zero-order valence-electron chi connectivity index (χ0n) is 18.7. The third-order valence-corrected chi connectivity index (χ3v) is 6.11. The van der Waals surface area contributed by atoms with Crippen LogP contribution in [0.1, 0.15) is 111 Å². The molecule has 0 aromatic rings. The lowest BCUT2D eigenvalue weighted by Gasteiger charge is -2.17. The molecule has 1 fully saturated rings. The Morgan fingerprint density at radius 1 is 0.893 bits per heavy atom. The molecule has 0 N–H and O–H groups in total. The average molecular weight is 390 g/mol. The fraction of sp³-hybridized carbons (Fsp3) is 0.800. The summed E-state index contributed by atoms with van der Waals surface area (Å²) in [6.07, 6.45) is 18.5. The van der Waals surface area contributed by atoms with Gasteiger partial charge in [0.15, 0.2) is 0 Å². The fourth-order valence-corrected chi connectivity index (χ4v) is 4.38. The van der Waals surface area contributed by atoms with E-state index < -0.39 is 5.92 Å². The van der Waals surface area contributed by atoms with Gasteiger partial charge in [0.25, 0.3) is 0 Å². The first kappa shape index (κ1) is 24.7. The number of rotatable bonds is 16. The van der Waals surface area contributed by atoms with Crippen LogP contribution in [0.5, 0.6) is 0 Å². The van der Waals surface area contributed by atoms with Gasteiger partial charge in [0.1, 0.15) is 11.7 Å². The average Bonchev–Trinajstić information content (AvgIpc) is 2.91. The molecule has 2 atom stereocenters. The Labute approximate surface area is 173 Å². The lowest BCUT2D eigenvalue weighted by molar-refractivity contribution is -0.136. The Morgan fingerprint density at radius 2 is 1.32 bits per heavy atom. The van der Waals surface area contributed by atoms with Crippen LogP contribution in [-0.4, -0.2) is 23.1 Å². The highest BCUT2D eigenvalue weighted by Gasteiger charge is 2.44. The van der Waals surface area contributed by atoms with Crippen molar-refractivity contribution in [1.82, 2.24) is 4.90 Å². The molecule has 1 heterocycles. The number of nitrogens with zero attached hydrogens (tertiary/aromatic N) is 1. The van der Waals surface area contributed by atoms with Gasteiger partial charge in [0, 0.05) is 12.5 Å². The van der Waals surface area contributed by atoms with Gasteiger partial charge in [-0.2, -0.15) is 0 Å². The van der Waals surface area contributed by atoms with Gasteiger partial charge < -0.3 is 4.90 Å². The highest BCUT2D eigenvalue weighted by atomic mass is 16.2. The van der Waals surface area contributed by atoms with Crippen LogP contribution in [0.15, 0.2) is 18.0 Å². The van der Waals surface area contributed by atoms with Gasteiger partial charge in [-0.15, -0.1) is 5.73 Å². The van der Waals surface area contributed by atoms with Gasteiger partial charge in [0.05, 0.1) is 5.70 Å². The minimum Gasteiger partial charge on any atom is -0.308 e. The Morgan fingerprint density at radius 3 is 1.71 bits per heavy atom. The molecule has 0 radical (unpaired) electrons. The third kappa shape index (κ3) is 8.35. The number of likely N-dealkylation sites (tertiary alicyclic amines) is 1. The topological polar surface area (TPSA) is 37.4 Å². The number of allylic oxidation sites excluding steroid dienone is 1. The van der Waals surface area contributed by atoms with E-state index in [4.69, 9.17) is 0 Å². The monoisotopic (exact) mass is 389 g/mol. The second kappa shape index (κ2) is 14.6. The molecular formula is C25H43NO2. The first-order chi connectivity index (χ1) is 13.5. The lowest BCUT2D eigenvalue weighted by Crippen LogP contribution is -2.30. The van der Waals surface area contributed by atoms with Gasteiger partial charge >= 0.3 is 0 Å². The summed E-state index contributed by atoms with van der Waals surface area (Å²) in [5.74, 6) is -0.723. The molecule has 0 aliphatic carbocycles. The summed E-state index contributed by atoms with van der Waals surface area (Å²) in [6.45, 7) is 10.1. The second-order valence-electron chi connectivity index (χ2n) is 8.53. The molecule has 1 rings (SSSR count). The molecule has 3 heteroatoms. The SMILES string of the molecule is C=C=C1C(C)C(C(C)=O)C(=O)N1CCCCCCCCCCCCCCCC. The van der Waals surface area contributed by atoms with Crippen molar-refractivity contribution in [2.45, 2.75) is 111 Å². The third-order valence-electron chi connectivity index (χ3n) is 6.11. The molecule has 3 nitrogen and oxygen atoms in total. The fourth-order valence-electron chi connectivity index (χ4n) is 4.38. The molecular weight excluding hydrogens is 346 g/mol. The Bertz CT molecular complexity index is 519. The van der Waals surface area contributed by atoms with Crippen molar-refractivity contribution >= 4 is 11.7 Å². The van der Waals surface area contributed by atoms with Crippen molar-refractivity contribution in [1.29, 1.82) is 0 Å². The first-order valence-electron chi connectivity index (χ1n) is 11.8. The van der Waals surface area contributed by atoms with E-state index in [9.17, 15) is 9.59 Å². The Kier molecular flexibility index (Phi) is 12.9. The number of Topliss-reactive ketones (excluding diaryl/α,β-unsaturated/α-hetero) is 1. The van der Waals surface area contributed by atoms with Gasteiger partial charge in [-0.1, -0.05) is 104 Å². The quantitative estimate of drug-likeness (QED) is 0.165. The van der Waals surface area contributed by atoms with Crippen molar-refractivity contribution < 1.29 is 9.59 Å². The number of amides is 1. The summed E-state index contributed by atoms with van der Waals surface area (Å²) in [4.78, 5) is 26.0. The van der Waals surface area contributed by atoms with Crippen LogP contribution in [0.3, 0.4) is 0 Å². The van der Waals surface area contributed by atoms with E-state index in [2.05, 4.69) is 19.2 Å². The van der Waals surface area contributed by atoms with Crippen LogP contribution >= 0.6 is 0 Å². The smallest absolute Gasteiger partial charge is 0.238 e. The van der Waals surface area contributed by atoms with Gasteiger partial charge in [-0.3, -0.25) is 9.59 Å². The lowest BCUT2D eigenvalue weighted by atomic mass is 9.92. The van der Waals surface area contributed by atoms with Crippen molar-refractivity contribution in [2.24, 2.45) is 11.8 Å². The first-order valence-corrected chi connectivity index (χ1v) is 11.8. The zero-order valence-corrected chi connectivity index (χ0v) is 18.7. The molecule has 1 amide bonds. The van der Waals surface area contributed by atoms with Crippen LogP contribution in [-0.2, 0) is 9.59 Å². The highest BCUT2D eigenvalue weighted by molar-refractivity contribution is 6.03. The Balaban J connectivity index is 2.05. The number of ketones is 1. The van der Waals surface area contributed by atoms with Crippen LogP contribution < -0.4 is 0 Å². The summed E-state index contributed by atoms with van der Waals surface area (Å²) in [6, 6.07) is 0. The van der Waals surface area contributed by atoms with E-state index in [1.54, 1.807) is 4.90 Å². The van der Waals surface area contributed by atoms with Crippen molar-refractivity contribution in [2.75, 3.05) is 6.54 Å². The van der Waals surface area contributed by atoms with E-state index in [1.807, 2.05) is 6.92 Å². The molecule has 0 saturated carbocycles. The van der Waals surface area contributed by atoms with Crippen LogP contribution in [0.4, 0.5) is 0 Å². The number of carbonyl (C=O) groups is 2. The van der Waals surface area contributed by atoms with Gasteiger partial charge in [-0.05, 0) is 13.3 Å². The molecule has 0 bridgehead atoms. The predicted octanol–water partition coefficient (Wildman–Crippen LogP) is 6.82. The van der Waals surface area contributed by atoms with Crippen molar-refractivity contribution in [3.63, 3.8) is 0 Å². The zero-order chi connectivity index (χ0) is 20.8. The second-order valence-corrected chi connectivity index (χ2v) is 8.53. The number of hydrogen-bond donors (Lipinski definition) is 0. The molecule has 1 aliphatic rings. The summed E-state index contributed by atoms with van der Waals surface area (Å²) in [5, 5.41) is 0. The van der Waals surface area contributed by atoms with E-state index in [-0.39, 0.29) is 17.6 Å². The maximum absolute atomic E-state index is 12.5. The van der Waals surface area contributed by atoms with E-state index in [0.29, 0.717) is 6.54 Å². The molecule has 0 aromatic carbocycles. The summed E-state index contributed by atoms with van der Waals surface area (Å²) in [5.41, 5.74) is 3.70. The summed E-state index contributed by atoms with van der Waals surface area (Å²) < 4.78 is 0. The highest BCUT2D eigenvalue weighted by Crippen LogP contribution is 2.34. The summed E-state index contributed by atoms with van der Waals surface area (Å²) in [7, 11) is 0. The molecule has 0 aromatic heterocycles. The van der Waals surface area contributed by atoms with E-state index in [0.717, 1.165) is 18.5 Å². The minimum atomic E-state index is -0.532. The maximum atomic E-state index is 12.5. The van der Waals surface area contributed by atoms with Crippen molar-refractivity contribution in [3.05, 3.63) is 18.0 Å².